The lowest BCUT2D eigenvalue weighted by molar-refractivity contribution is 0.178. The molecule has 4 rings (SSSR count). The minimum atomic E-state index is 0.472. The standard InChI is InChI=1S/C24H30N4/c1-19-25-26-24(28(19)22-13-7-4-8-14-22)21-12-9-15-23(18-21)27(2)17-16-20-10-5-3-6-11-20/h3-8,10-11,13-14,21,23H,9,12,15-18H2,1-2H3/t21-,23-/m1/s1. The molecule has 0 unspecified atom stereocenters. The van der Waals surface area contributed by atoms with Gasteiger partial charge in [-0.05, 0) is 57.4 Å². The summed E-state index contributed by atoms with van der Waals surface area (Å²) >= 11 is 0. The molecule has 4 heteroatoms. The molecular weight excluding hydrogens is 344 g/mol. The summed E-state index contributed by atoms with van der Waals surface area (Å²) in [5.74, 6) is 2.57. The van der Waals surface area contributed by atoms with Gasteiger partial charge in [0.1, 0.15) is 11.6 Å². The Hall–Kier alpha value is -2.46. The highest BCUT2D eigenvalue weighted by Gasteiger charge is 2.29. The molecule has 4 nitrogen and oxygen atoms in total. The molecule has 1 aliphatic carbocycles. The Kier molecular flexibility index (Phi) is 5.87. The lowest BCUT2D eigenvalue weighted by Crippen LogP contribution is -2.37. The summed E-state index contributed by atoms with van der Waals surface area (Å²) in [6.07, 6.45) is 6.01. The zero-order valence-corrected chi connectivity index (χ0v) is 17.0. The average molecular weight is 375 g/mol. The van der Waals surface area contributed by atoms with Crippen molar-refractivity contribution in [3.63, 3.8) is 0 Å². The van der Waals surface area contributed by atoms with Crippen LogP contribution in [0.1, 0.15) is 48.8 Å². The largest absolute Gasteiger partial charge is 0.303 e. The Bertz CT molecular complexity index is 872. The Balaban J connectivity index is 1.46. The summed E-state index contributed by atoms with van der Waals surface area (Å²) in [7, 11) is 2.28. The van der Waals surface area contributed by atoms with Crippen molar-refractivity contribution in [2.75, 3.05) is 13.6 Å². The Morgan fingerprint density at radius 1 is 0.964 bits per heavy atom. The number of para-hydroxylation sites is 1. The third-order valence-electron chi connectivity index (χ3n) is 6.10. The van der Waals surface area contributed by atoms with Crippen molar-refractivity contribution in [3.05, 3.63) is 77.9 Å². The molecule has 1 aliphatic rings. The van der Waals surface area contributed by atoms with Crippen LogP contribution in [0.5, 0.6) is 0 Å². The molecule has 0 aliphatic heterocycles. The summed E-state index contributed by atoms with van der Waals surface area (Å²) in [4.78, 5) is 2.55. The molecule has 0 radical (unpaired) electrons. The highest BCUT2D eigenvalue weighted by Crippen LogP contribution is 2.35. The van der Waals surface area contributed by atoms with E-state index in [1.54, 1.807) is 0 Å². The molecule has 1 heterocycles. The predicted octanol–water partition coefficient (Wildman–Crippen LogP) is 4.78. The third-order valence-corrected chi connectivity index (χ3v) is 6.10. The molecule has 0 N–H and O–H groups in total. The van der Waals surface area contributed by atoms with E-state index in [2.05, 4.69) is 94.3 Å². The monoisotopic (exact) mass is 374 g/mol. The maximum Gasteiger partial charge on any atom is 0.140 e. The summed E-state index contributed by atoms with van der Waals surface area (Å²) < 4.78 is 2.25. The van der Waals surface area contributed by atoms with Gasteiger partial charge in [0.15, 0.2) is 0 Å². The first-order chi connectivity index (χ1) is 13.7. The summed E-state index contributed by atoms with van der Waals surface area (Å²) in [5.41, 5.74) is 2.58. The van der Waals surface area contributed by atoms with Crippen molar-refractivity contribution in [1.82, 2.24) is 19.7 Å². The SMILES string of the molecule is Cc1nnc([C@@H]2CCC[C@@H](N(C)CCc3ccccc3)C2)n1-c1ccccc1. The van der Waals surface area contributed by atoms with Crippen molar-refractivity contribution < 1.29 is 0 Å². The molecule has 2 atom stereocenters. The van der Waals surface area contributed by atoms with E-state index in [1.807, 2.05) is 0 Å². The minimum Gasteiger partial charge on any atom is -0.303 e. The van der Waals surface area contributed by atoms with E-state index in [9.17, 15) is 0 Å². The number of rotatable bonds is 6. The first-order valence-electron chi connectivity index (χ1n) is 10.4. The van der Waals surface area contributed by atoms with Crippen LogP contribution in [0.4, 0.5) is 0 Å². The van der Waals surface area contributed by atoms with Crippen LogP contribution in [0.3, 0.4) is 0 Å². The van der Waals surface area contributed by atoms with Crippen molar-refractivity contribution in [3.8, 4) is 5.69 Å². The van der Waals surface area contributed by atoms with Gasteiger partial charge in [0, 0.05) is 24.2 Å². The van der Waals surface area contributed by atoms with Gasteiger partial charge >= 0.3 is 0 Å². The summed E-state index contributed by atoms with van der Waals surface area (Å²) in [6, 6.07) is 21.9. The van der Waals surface area contributed by atoms with Crippen molar-refractivity contribution >= 4 is 0 Å². The minimum absolute atomic E-state index is 0.472. The average Bonchev–Trinajstić information content (AvgIpc) is 3.15. The van der Waals surface area contributed by atoms with Crippen molar-refractivity contribution in [2.24, 2.45) is 0 Å². The normalized spacial score (nSPS) is 19.8. The molecule has 1 saturated carbocycles. The van der Waals surface area contributed by atoms with Crippen LogP contribution in [0.25, 0.3) is 5.69 Å². The van der Waals surface area contributed by atoms with Gasteiger partial charge in [-0.2, -0.15) is 0 Å². The molecule has 0 bridgehead atoms. The summed E-state index contributed by atoms with van der Waals surface area (Å²) in [6.45, 7) is 3.15. The van der Waals surface area contributed by atoms with E-state index in [-0.39, 0.29) is 0 Å². The van der Waals surface area contributed by atoms with Crippen LogP contribution in [0, 0.1) is 6.92 Å². The van der Waals surface area contributed by atoms with Crippen LogP contribution in [-0.4, -0.2) is 39.3 Å². The predicted molar refractivity (Wildman–Crippen MR) is 114 cm³/mol. The lowest BCUT2D eigenvalue weighted by Gasteiger charge is -2.35. The van der Waals surface area contributed by atoms with Crippen LogP contribution in [0.2, 0.25) is 0 Å². The smallest absolute Gasteiger partial charge is 0.140 e. The van der Waals surface area contributed by atoms with Gasteiger partial charge in [-0.3, -0.25) is 4.57 Å². The van der Waals surface area contributed by atoms with Gasteiger partial charge < -0.3 is 4.90 Å². The number of benzene rings is 2. The number of hydrogen-bond acceptors (Lipinski definition) is 3. The summed E-state index contributed by atoms with van der Waals surface area (Å²) in [5, 5.41) is 9.01. The molecule has 2 aromatic carbocycles. The highest BCUT2D eigenvalue weighted by atomic mass is 15.3. The first-order valence-corrected chi connectivity index (χ1v) is 10.4. The Morgan fingerprint density at radius 2 is 1.68 bits per heavy atom. The van der Waals surface area contributed by atoms with E-state index >= 15 is 0 Å². The number of aryl methyl sites for hydroxylation is 1. The van der Waals surface area contributed by atoms with Gasteiger partial charge in [0.25, 0.3) is 0 Å². The Labute approximate surface area is 168 Å². The second-order valence-electron chi connectivity index (χ2n) is 8.01. The molecule has 1 aromatic heterocycles. The number of nitrogens with zero attached hydrogens (tertiary/aromatic N) is 4. The van der Waals surface area contributed by atoms with Gasteiger partial charge in [-0.1, -0.05) is 55.0 Å². The number of aromatic nitrogens is 3. The fourth-order valence-corrected chi connectivity index (χ4v) is 4.47. The molecule has 0 amide bonds. The van der Waals surface area contributed by atoms with Crippen molar-refractivity contribution in [2.45, 2.75) is 51.0 Å². The fraction of sp³-hybridized carbons (Fsp3) is 0.417. The molecular formula is C24H30N4. The number of likely N-dealkylation sites (N-methyl/N-ethyl adjacent to an activating group) is 1. The topological polar surface area (TPSA) is 34.0 Å². The fourth-order valence-electron chi connectivity index (χ4n) is 4.47. The van der Waals surface area contributed by atoms with Crippen LogP contribution in [-0.2, 0) is 6.42 Å². The zero-order chi connectivity index (χ0) is 19.3. The maximum atomic E-state index is 4.60. The lowest BCUT2D eigenvalue weighted by atomic mass is 9.84. The van der Waals surface area contributed by atoms with Crippen molar-refractivity contribution in [1.29, 1.82) is 0 Å². The van der Waals surface area contributed by atoms with E-state index < -0.39 is 0 Å². The van der Waals surface area contributed by atoms with Crippen LogP contribution in [0.15, 0.2) is 60.7 Å². The highest BCUT2D eigenvalue weighted by molar-refractivity contribution is 5.34. The van der Waals surface area contributed by atoms with E-state index in [0.717, 1.165) is 31.0 Å². The molecule has 0 saturated heterocycles. The van der Waals surface area contributed by atoms with E-state index in [1.165, 1.54) is 30.5 Å². The third kappa shape index (κ3) is 4.17. The van der Waals surface area contributed by atoms with Gasteiger partial charge in [0.05, 0.1) is 0 Å². The zero-order valence-electron chi connectivity index (χ0n) is 17.0. The first kappa shape index (κ1) is 18.9. The molecule has 28 heavy (non-hydrogen) atoms. The molecule has 146 valence electrons. The number of hydrogen-bond donors (Lipinski definition) is 0. The quantitative estimate of drug-likeness (QED) is 0.623. The molecule has 0 spiro atoms. The second-order valence-corrected chi connectivity index (χ2v) is 8.01. The maximum absolute atomic E-state index is 4.60. The Morgan fingerprint density at radius 3 is 2.43 bits per heavy atom. The van der Waals surface area contributed by atoms with Gasteiger partial charge in [-0.15, -0.1) is 10.2 Å². The molecule has 1 fully saturated rings. The molecule has 3 aromatic rings. The second kappa shape index (κ2) is 8.70. The van der Waals surface area contributed by atoms with Crippen LogP contribution < -0.4 is 0 Å². The van der Waals surface area contributed by atoms with Gasteiger partial charge in [0.2, 0.25) is 0 Å². The van der Waals surface area contributed by atoms with Gasteiger partial charge in [-0.25, -0.2) is 0 Å². The van der Waals surface area contributed by atoms with E-state index in [0.29, 0.717) is 12.0 Å². The van der Waals surface area contributed by atoms with E-state index in [4.69, 9.17) is 0 Å². The van der Waals surface area contributed by atoms with Crippen LogP contribution >= 0.6 is 0 Å².